The number of rotatable bonds is 4. The summed E-state index contributed by atoms with van der Waals surface area (Å²) in [6, 6.07) is 3.01. The predicted molar refractivity (Wildman–Crippen MR) is 62.7 cm³/mol. The first kappa shape index (κ1) is 13.8. The van der Waals surface area contributed by atoms with E-state index in [4.69, 9.17) is 9.84 Å². The van der Waals surface area contributed by atoms with Crippen LogP contribution in [0.25, 0.3) is 0 Å². The number of aromatic nitrogens is 1. The fraction of sp³-hybridized carbons (Fsp3) is 0.250. The summed E-state index contributed by atoms with van der Waals surface area (Å²) in [6.45, 7) is -0.525. The van der Waals surface area contributed by atoms with E-state index in [-0.39, 0.29) is 5.56 Å². The maximum absolute atomic E-state index is 11.6. The van der Waals surface area contributed by atoms with Crippen LogP contribution in [0.3, 0.4) is 0 Å². The normalized spacial score (nSPS) is 19.6. The summed E-state index contributed by atoms with van der Waals surface area (Å²) >= 11 is 0. The van der Waals surface area contributed by atoms with Crippen molar-refractivity contribution in [3.8, 4) is 0 Å². The molecule has 2 atom stereocenters. The van der Waals surface area contributed by atoms with Crippen molar-refractivity contribution in [2.75, 3.05) is 6.61 Å². The number of hydrogen-bond acceptors (Lipinski definition) is 8. The maximum atomic E-state index is 11.6. The first-order valence-corrected chi connectivity index (χ1v) is 5.59. The molecule has 0 spiro atoms. The molecule has 1 aliphatic rings. The van der Waals surface area contributed by atoms with E-state index in [9.17, 15) is 19.8 Å². The molecule has 1 aromatic rings. The number of carbonyl (C=O) groups is 2. The first-order valence-electron chi connectivity index (χ1n) is 5.59. The van der Waals surface area contributed by atoms with Gasteiger partial charge in [0, 0.05) is 12.4 Å². The van der Waals surface area contributed by atoms with Crippen LogP contribution in [0.1, 0.15) is 10.4 Å². The second-order valence-electron chi connectivity index (χ2n) is 3.97. The van der Waals surface area contributed by atoms with Crippen molar-refractivity contribution in [3.63, 3.8) is 0 Å². The van der Waals surface area contributed by atoms with Gasteiger partial charge < -0.3 is 24.8 Å². The molecule has 1 aliphatic heterocycles. The zero-order chi connectivity index (χ0) is 14.7. The highest BCUT2D eigenvalue weighted by atomic mass is 16.6. The monoisotopic (exact) mass is 281 g/mol. The lowest BCUT2D eigenvalue weighted by molar-refractivity contribution is -0.147. The molecule has 1 aromatic heterocycles. The molecule has 0 amide bonds. The average Bonchev–Trinajstić information content (AvgIpc) is 2.73. The minimum Gasteiger partial charge on any atom is -0.505 e. The highest BCUT2D eigenvalue weighted by molar-refractivity contribution is 5.89. The van der Waals surface area contributed by atoms with E-state index >= 15 is 0 Å². The van der Waals surface area contributed by atoms with E-state index in [0.29, 0.717) is 0 Å². The van der Waals surface area contributed by atoms with Gasteiger partial charge in [-0.05, 0) is 12.1 Å². The van der Waals surface area contributed by atoms with Crippen LogP contribution in [-0.4, -0.2) is 51.1 Å². The molecule has 0 radical (unpaired) electrons. The molecular formula is C12H11NO7. The molecule has 0 aromatic carbocycles. The Hall–Kier alpha value is -2.61. The van der Waals surface area contributed by atoms with Gasteiger partial charge in [-0.2, -0.15) is 0 Å². The first-order chi connectivity index (χ1) is 9.50. The molecule has 20 heavy (non-hydrogen) atoms. The van der Waals surface area contributed by atoms with Crippen LogP contribution in [-0.2, 0) is 14.3 Å². The predicted octanol–water partition coefficient (Wildman–Crippen LogP) is -0.148. The SMILES string of the molecule is O=C1O[C@H]([C@@H](O)COC(=O)c2cccnc2)C(O)=C1O. The number of carbonyl (C=O) groups excluding carboxylic acids is 2. The molecule has 106 valence electrons. The lowest BCUT2D eigenvalue weighted by Crippen LogP contribution is -2.33. The van der Waals surface area contributed by atoms with Gasteiger partial charge in [-0.25, -0.2) is 9.59 Å². The molecule has 2 rings (SSSR count). The molecule has 3 N–H and O–H groups in total. The van der Waals surface area contributed by atoms with Gasteiger partial charge in [0.1, 0.15) is 12.7 Å². The number of aliphatic hydroxyl groups is 3. The fourth-order valence-corrected chi connectivity index (χ4v) is 1.54. The molecule has 0 unspecified atom stereocenters. The van der Waals surface area contributed by atoms with Gasteiger partial charge in [0.25, 0.3) is 0 Å². The zero-order valence-corrected chi connectivity index (χ0v) is 10.1. The number of nitrogens with zero attached hydrogens (tertiary/aromatic N) is 1. The summed E-state index contributed by atoms with van der Waals surface area (Å²) in [4.78, 5) is 26.2. The summed E-state index contributed by atoms with van der Waals surface area (Å²) < 4.78 is 9.30. The summed E-state index contributed by atoms with van der Waals surface area (Å²) in [6.07, 6.45) is -0.184. The third-order valence-electron chi connectivity index (χ3n) is 2.57. The second kappa shape index (κ2) is 5.57. The summed E-state index contributed by atoms with van der Waals surface area (Å²) in [5.74, 6) is -3.63. The molecule has 2 heterocycles. The number of hydrogen-bond donors (Lipinski definition) is 3. The van der Waals surface area contributed by atoms with Crippen LogP contribution >= 0.6 is 0 Å². The minimum atomic E-state index is -1.50. The molecule has 0 bridgehead atoms. The van der Waals surface area contributed by atoms with Gasteiger partial charge in [0.15, 0.2) is 11.9 Å². The largest absolute Gasteiger partial charge is 0.505 e. The van der Waals surface area contributed by atoms with Crippen molar-refractivity contribution in [1.82, 2.24) is 4.98 Å². The summed E-state index contributed by atoms with van der Waals surface area (Å²) in [5.41, 5.74) is 0.186. The van der Waals surface area contributed by atoms with Crippen molar-refractivity contribution < 1.29 is 34.4 Å². The Morgan fingerprint density at radius 1 is 1.50 bits per heavy atom. The van der Waals surface area contributed by atoms with Gasteiger partial charge in [0.2, 0.25) is 5.76 Å². The highest BCUT2D eigenvalue weighted by Gasteiger charge is 2.39. The third-order valence-corrected chi connectivity index (χ3v) is 2.57. The summed E-state index contributed by atoms with van der Waals surface area (Å²) in [5, 5.41) is 28.1. The number of aliphatic hydroxyl groups excluding tert-OH is 3. The molecule has 8 nitrogen and oxygen atoms in total. The summed E-state index contributed by atoms with van der Waals surface area (Å²) in [7, 11) is 0. The molecule has 8 heteroatoms. The Labute approximate surface area is 112 Å². The van der Waals surface area contributed by atoms with Crippen LogP contribution in [0.4, 0.5) is 0 Å². The van der Waals surface area contributed by atoms with Crippen molar-refractivity contribution in [2.24, 2.45) is 0 Å². The lowest BCUT2D eigenvalue weighted by Gasteiger charge is -2.17. The molecule has 0 saturated heterocycles. The Bertz CT molecular complexity index is 554. The van der Waals surface area contributed by atoms with Gasteiger partial charge in [-0.3, -0.25) is 4.98 Å². The molecule has 0 saturated carbocycles. The average molecular weight is 281 g/mol. The zero-order valence-electron chi connectivity index (χ0n) is 10.1. The Balaban J connectivity index is 1.92. The van der Waals surface area contributed by atoms with Gasteiger partial charge in [-0.15, -0.1) is 0 Å². The topological polar surface area (TPSA) is 126 Å². The number of pyridine rings is 1. The number of ether oxygens (including phenoxy) is 2. The van der Waals surface area contributed by atoms with Crippen LogP contribution < -0.4 is 0 Å². The maximum Gasteiger partial charge on any atom is 0.377 e. The number of cyclic esters (lactones) is 1. The van der Waals surface area contributed by atoms with Gasteiger partial charge >= 0.3 is 11.9 Å². The van der Waals surface area contributed by atoms with E-state index in [1.165, 1.54) is 18.5 Å². The van der Waals surface area contributed by atoms with E-state index in [1.807, 2.05) is 0 Å². The lowest BCUT2D eigenvalue weighted by atomic mass is 10.2. The van der Waals surface area contributed by atoms with Crippen molar-refractivity contribution >= 4 is 11.9 Å². The van der Waals surface area contributed by atoms with Crippen LogP contribution in [0.2, 0.25) is 0 Å². The quantitative estimate of drug-likeness (QED) is 0.650. The van der Waals surface area contributed by atoms with E-state index in [1.54, 1.807) is 6.07 Å². The van der Waals surface area contributed by atoms with Crippen LogP contribution in [0.5, 0.6) is 0 Å². The smallest absolute Gasteiger partial charge is 0.377 e. The number of esters is 2. The van der Waals surface area contributed by atoms with E-state index < -0.39 is 42.3 Å². The van der Waals surface area contributed by atoms with Crippen molar-refractivity contribution in [2.45, 2.75) is 12.2 Å². The second-order valence-corrected chi connectivity index (χ2v) is 3.97. The molecule has 0 fully saturated rings. The molecular weight excluding hydrogens is 270 g/mol. The third kappa shape index (κ3) is 2.69. The minimum absolute atomic E-state index is 0.186. The Morgan fingerprint density at radius 2 is 2.25 bits per heavy atom. The Kier molecular flexibility index (Phi) is 3.85. The molecule has 0 aliphatic carbocycles. The van der Waals surface area contributed by atoms with Gasteiger partial charge in [-0.1, -0.05) is 0 Å². The fourth-order valence-electron chi connectivity index (χ4n) is 1.54. The standard InChI is InChI=1S/C12H11NO7/c14-7(10-8(15)9(16)12(18)20-10)5-19-11(17)6-2-1-3-13-4-6/h1-4,7,10,14-16H,5H2/t7-,10+/m0/s1. The van der Waals surface area contributed by atoms with E-state index in [2.05, 4.69) is 9.72 Å². The van der Waals surface area contributed by atoms with Gasteiger partial charge in [0.05, 0.1) is 5.56 Å². The van der Waals surface area contributed by atoms with E-state index in [0.717, 1.165) is 0 Å². The van der Waals surface area contributed by atoms with Crippen molar-refractivity contribution in [1.29, 1.82) is 0 Å². The van der Waals surface area contributed by atoms with Crippen LogP contribution in [0, 0.1) is 0 Å². The van der Waals surface area contributed by atoms with Crippen LogP contribution in [0.15, 0.2) is 36.0 Å². The highest BCUT2D eigenvalue weighted by Crippen LogP contribution is 2.21. The Morgan fingerprint density at radius 3 is 2.80 bits per heavy atom. The van der Waals surface area contributed by atoms with Crippen molar-refractivity contribution in [3.05, 3.63) is 41.6 Å².